The van der Waals surface area contributed by atoms with E-state index in [1.807, 2.05) is 6.92 Å². The monoisotopic (exact) mass is 314 g/mol. The summed E-state index contributed by atoms with van der Waals surface area (Å²) in [7, 11) is 0. The minimum absolute atomic E-state index is 0.186. The van der Waals surface area contributed by atoms with E-state index in [1.165, 1.54) is 5.32 Å². The highest BCUT2D eigenvalue weighted by Gasteiger charge is 2.19. The van der Waals surface area contributed by atoms with Gasteiger partial charge in [0, 0.05) is 6.07 Å². The molecule has 22 heavy (non-hydrogen) atoms. The van der Waals surface area contributed by atoms with Crippen molar-refractivity contribution in [1.29, 1.82) is 0 Å². The number of hydrogen-bond acceptors (Lipinski definition) is 3. The summed E-state index contributed by atoms with van der Waals surface area (Å²) in [6, 6.07) is 1.70. The molecule has 1 aromatic carbocycles. The fourth-order valence-corrected chi connectivity index (χ4v) is 1.97. The van der Waals surface area contributed by atoms with Crippen LogP contribution in [-0.2, 0) is 9.59 Å². The number of quaternary nitrogens is 1. The van der Waals surface area contributed by atoms with Crippen LogP contribution >= 0.6 is 0 Å². The Kier molecular flexibility index (Phi) is 7.45. The van der Waals surface area contributed by atoms with E-state index in [4.69, 9.17) is 0 Å². The highest BCUT2D eigenvalue weighted by atomic mass is 19.1. The first-order valence-corrected chi connectivity index (χ1v) is 7.23. The van der Waals surface area contributed by atoms with E-state index >= 15 is 0 Å². The van der Waals surface area contributed by atoms with E-state index in [0.717, 1.165) is 31.4 Å². The summed E-state index contributed by atoms with van der Waals surface area (Å²) in [6.07, 6.45) is 2.48. The summed E-state index contributed by atoms with van der Waals surface area (Å²) in [5.41, 5.74) is -0.186. The number of amides is 1. The van der Waals surface area contributed by atoms with Crippen LogP contribution in [0.15, 0.2) is 18.2 Å². The molecule has 0 bridgehead atoms. The minimum Gasteiger partial charge on any atom is -0.544 e. The smallest absolute Gasteiger partial charge is 0.230 e. The van der Waals surface area contributed by atoms with Gasteiger partial charge in [-0.25, -0.2) is 8.78 Å². The second-order valence-electron chi connectivity index (χ2n) is 5.03. The van der Waals surface area contributed by atoms with Crippen molar-refractivity contribution in [2.24, 2.45) is 0 Å². The average molecular weight is 314 g/mol. The van der Waals surface area contributed by atoms with Crippen molar-refractivity contribution < 1.29 is 28.8 Å². The van der Waals surface area contributed by atoms with Crippen LogP contribution in [0.3, 0.4) is 0 Å². The lowest BCUT2D eigenvalue weighted by Gasteiger charge is -2.16. The first kappa shape index (κ1) is 18.0. The number of hydrogen-bond donors (Lipinski definition) is 2. The van der Waals surface area contributed by atoms with Gasteiger partial charge in [-0.05, 0) is 25.0 Å². The van der Waals surface area contributed by atoms with E-state index < -0.39 is 29.6 Å². The lowest BCUT2D eigenvalue weighted by Crippen LogP contribution is -2.93. The number of unbranched alkanes of at least 4 members (excludes halogenated alkanes) is 2. The van der Waals surface area contributed by atoms with E-state index in [-0.39, 0.29) is 12.1 Å². The molecule has 0 aromatic heterocycles. The maximum Gasteiger partial charge on any atom is 0.230 e. The maximum atomic E-state index is 13.4. The van der Waals surface area contributed by atoms with Gasteiger partial charge in [0.15, 0.2) is 0 Å². The number of carbonyl (C=O) groups is 2. The van der Waals surface area contributed by atoms with E-state index in [9.17, 15) is 23.5 Å². The molecule has 1 atom stereocenters. The first-order valence-electron chi connectivity index (χ1n) is 7.23. The van der Waals surface area contributed by atoms with Gasteiger partial charge in [-0.3, -0.25) is 4.79 Å². The van der Waals surface area contributed by atoms with Gasteiger partial charge in [0.1, 0.15) is 17.7 Å². The van der Waals surface area contributed by atoms with Crippen molar-refractivity contribution in [3.05, 3.63) is 29.8 Å². The van der Waals surface area contributed by atoms with Crippen LogP contribution < -0.4 is 15.7 Å². The number of halogens is 2. The van der Waals surface area contributed by atoms with Gasteiger partial charge in [0.25, 0.3) is 0 Å². The molecule has 0 fully saturated rings. The number of carboxylic acids is 1. The van der Waals surface area contributed by atoms with Crippen molar-refractivity contribution in [3.8, 4) is 0 Å². The molecule has 3 N–H and O–H groups in total. The third-order valence-corrected chi connectivity index (χ3v) is 3.17. The molecule has 0 aliphatic carbocycles. The predicted molar refractivity (Wildman–Crippen MR) is 74.7 cm³/mol. The Hall–Kier alpha value is -2.02. The third kappa shape index (κ3) is 6.17. The summed E-state index contributed by atoms with van der Waals surface area (Å²) >= 11 is 0. The van der Waals surface area contributed by atoms with Gasteiger partial charge >= 0.3 is 0 Å². The molecule has 0 spiro atoms. The molecule has 122 valence electrons. The largest absolute Gasteiger partial charge is 0.544 e. The summed E-state index contributed by atoms with van der Waals surface area (Å²) in [5.74, 6) is -3.67. The van der Waals surface area contributed by atoms with Crippen LogP contribution in [0.4, 0.5) is 14.5 Å². The van der Waals surface area contributed by atoms with E-state index in [1.54, 1.807) is 0 Å². The minimum atomic E-state index is -1.34. The molecule has 0 unspecified atom stereocenters. The molecule has 0 aliphatic heterocycles. The van der Waals surface area contributed by atoms with Gasteiger partial charge in [-0.1, -0.05) is 13.3 Å². The Balaban J connectivity index is 2.54. The van der Waals surface area contributed by atoms with E-state index in [2.05, 4.69) is 5.32 Å². The SMILES string of the molecule is CCCCC[NH2+][C@H](CC(=O)Nc1ccc(F)cc1F)C(=O)[O-]. The molecule has 0 radical (unpaired) electrons. The number of nitrogens with two attached hydrogens (primary N) is 1. The van der Waals surface area contributed by atoms with E-state index in [0.29, 0.717) is 12.6 Å². The second kappa shape index (κ2) is 9.09. The third-order valence-electron chi connectivity index (χ3n) is 3.17. The molecular formula is C15H20F2N2O3. The lowest BCUT2D eigenvalue weighted by atomic mass is 10.1. The Morgan fingerprint density at radius 1 is 1.32 bits per heavy atom. The lowest BCUT2D eigenvalue weighted by molar-refractivity contribution is -0.682. The summed E-state index contributed by atoms with van der Waals surface area (Å²) in [6.45, 7) is 2.60. The fourth-order valence-electron chi connectivity index (χ4n) is 1.97. The van der Waals surface area contributed by atoms with Crippen molar-refractivity contribution in [3.63, 3.8) is 0 Å². The van der Waals surface area contributed by atoms with Crippen LogP contribution in [0.25, 0.3) is 0 Å². The maximum absolute atomic E-state index is 13.4. The van der Waals surface area contributed by atoms with Gasteiger partial charge < -0.3 is 20.5 Å². The van der Waals surface area contributed by atoms with Crippen LogP contribution in [0.2, 0.25) is 0 Å². The molecule has 1 rings (SSSR count). The number of carbonyl (C=O) groups excluding carboxylic acids is 2. The van der Waals surface area contributed by atoms with Crippen molar-refractivity contribution >= 4 is 17.6 Å². The Morgan fingerprint density at radius 2 is 2.05 bits per heavy atom. The highest BCUT2D eigenvalue weighted by Crippen LogP contribution is 2.15. The fraction of sp³-hybridized carbons (Fsp3) is 0.467. The summed E-state index contributed by atoms with van der Waals surface area (Å²) in [4.78, 5) is 22.8. The second-order valence-corrected chi connectivity index (χ2v) is 5.03. The topological polar surface area (TPSA) is 85.8 Å². The van der Waals surface area contributed by atoms with Gasteiger partial charge in [-0.2, -0.15) is 0 Å². The Morgan fingerprint density at radius 3 is 2.64 bits per heavy atom. The molecule has 1 aromatic rings. The molecular weight excluding hydrogens is 294 g/mol. The van der Waals surface area contributed by atoms with Crippen molar-refractivity contribution in [2.45, 2.75) is 38.6 Å². The van der Waals surface area contributed by atoms with Crippen LogP contribution in [0.5, 0.6) is 0 Å². The average Bonchev–Trinajstić information content (AvgIpc) is 2.45. The zero-order chi connectivity index (χ0) is 16.5. The predicted octanol–water partition coefficient (Wildman–Crippen LogP) is 0.165. The Labute approximate surface area is 127 Å². The standard InChI is InChI=1S/C15H20F2N2O3/c1-2-3-4-7-18-13(15(21)22)9-14(20)19-12-6-5-10(16)8-11(12)17/h5-6,8,13,18H,2-4,7,9H2,1H3,(H,19,20)(H,21,22)/t13-/m1/s1. The molecule has 0 heterocycles. The molecule has 1 amide bonds. The zero-order valence-electron chi connectivity index (χ0n) is 12.4. The quantitative estimate of drug-likeness (QED) is 0.637. The van der Waals surface area contributed by atoms with Gasteiger partial charge in [-0.15, -0.1) is 0 Å². The van der Waals surface area contributed by atoms with Crippen LogP contribution in [0, 0.1) is 11.6 Å². The number of rotatable bonds is 9. The number of benzene rings is 1. The number of nitrogens with one attached hydrogen (secondary N) is 1. The normalized spacial score (nSPS) is 12.0. The highest BCUT2D eigenvalue weighted by molar-refractivity contribution is 5.93. The van der Waals surface area contributed by atoms with Gasteiger partial charge in [0.05, 0.1) is 24.6 Å². The first-order chi connectivity index (χ1) is 10.4. The zero-order valence-corrected chi connectivity index (χ0v) is 12.4. The van der Waals surface area contributed by atoms with Gasteiger partial charge in [0.2, 0.25) is 5.91 Å². The molecule has 0 aliphatic rings. The Bertz CT molecular complexity index is 524. The molecule has 0 saturated heterocycles. The van der Waals surface area contributed by atoms with Crippen molar-refractivity contribution in [1.82, 2.24) is 0 Å². The number of aliphatic carboxylic acids is 1. The number of anilines is 1. The molecule has 7 heteroatoms. The van der Waals surface area contributed by atoms with Crippen LogP contribution in [0.1, 0.15) is 32.6 Å². The summed E-state index contributed by atoms with van der Waals surface area (Å²) in [5, 5.41) is 14.8. The number of carboxylic acid groups (broad SMARTS) is 1. The van der Waals surface area contributed by atoms with Crippen molar-refractivity contribution in [2.75, 3.05) is 11.9 Å². The molecule has 0 saturated carbocycles. The van der Waals surface area contributed by atoms with Crippen LogP contribution in [-0.4, -0.2) is 24.5 Å². The molecule has 5 nitrogen and oxygen atoms in total. The summed E-state index contributed by atoms with van der Waals surface area (Å²) < 4.78 is 26.2.